The monoisotopic (exact) mass is 247 g/mol. The average Bonchev–Trinajstić information content (AvgIpc) is 2.38. The summed E-state index contributed by atoms with van der Waals surface area (Å²) in [6.45, 7) is 1.85. The van der Waals surface area contributed by atoms with Gasteiger partial charge in [-0.1, -0.05) is 12.1 Å². The van der Waals surface area contributed by atoms with Crippen molar-refractivity contribution in [2.45, 2.75) is 19.6 Å². The number of aromatic nitrogens is 1. The van der Waals surface area contributed by atoms with E-state index in [-0.39, 0.29) is 12.4 Å². The van der Waals surface area contributed by atoms with Crippen molar-refractivity contribution >= 4 is 0 Å². The third-order valence-electron chi connectivity index (χ3n) is 2.56. The average molecular weight is 247 g/mol. The first kappa shape index (κ1) is 12.5. The van der Waals surface area contributed by atoms with E-state index in [4.69, 9.17) is 4.74 Å². The summed E-state index contributed by atoms with van der Waals surface area (Å²) in [5.74, 6) is -0.305. The number of ether oxygens (including phenoxy) is 1. The molecule has 0 aliphatic carbocycles. The highest BCUT2D eigenvalue weighted by molar-refractivity contribution is 5.30. The van der Waals surface area contributed by atoms with Gasteiger partial charge in [0.15, 0.2) is 11.6 Å². The lowest BCUT2D eigenvalue weighted by Crippen LogP contribution is -1.99. The molecule has 4 heteroatoms. The highest BCUT2D eigenvalue weighted by atomic mass is 19.1. The second kappa shape index (κ2) is 5.60. The van der Waals surface area contributed by atoms with Crippen LogP contribution in [0.2, 0.25) is 0 Å². The van der Waals surface area contributed by atoms with Crippen LogP contribution in [0.5, 0.6) is 5.75 Å². The molecule has 0 spiro atoms. The van der Waals surface area contributed by atoms with E-state index in [1.807, 2.05) is 6.07 Å². The molecule has 1 aromatic heterocycles. The maximum Gasteiger partial charge on any atom is 0.165 e. The van der Waals surface area contributed by atoms with Crippen LogP contribution < -0.4 is 4.74 Å². The van der Waals surface area contributed by atoms with Gasteiger partial charge in [0.25, 0.3) is 0 Å². The number of benzene rings is 1. The van der Waals surface area contributed by atoms with Crippen molar-refractivity contribution in [1.29, 1.82) is 0 Å². The van der Waals surface area contributed by atoms with Crippen LogP contribution in [0.1, 0.15) is 24.2 Å². The van der Waals surface area contributed by atoms with E-state index in [0.717, 1.165) is 5.56 Å². The largest absolute Gasteiger partial charge is 0.486 e. The molecule has 0 saturated carbocycles. The minimum atomic E-state index is -0.688. The predicted molar refractivity (Wildman–Crippen MR) is 65.6 cm³/mol. The number of hydrogen-bond acceptors (Lipinski definition) is 3. The first-order valence-electron chi connectivity index (χ1n) is 5.66. The van der Waals surface area contributed by atoms with Gasteiger partial charge in [0.05, 0.1) is 6.10 Å². The first-order chi connectivity index (χ1) is 8.66. The predicted octanol–water partition coefficient (Wildman–Crippen LogP) is 2.85. The molecule has 2 aromatic rings. The SMILES string of the molecule is C[C@@H](O)c1ccc(OCc2cccnc2)c(F)c1. The Morgan fingerprint density at radius 2 is 2.22 bits per heavy atom. The van der Waals surface area contributed by atoms with Crippen LogP contribution in [0.15, 0.2) is 42.7 Å². The minimum absolute atomic E-state index is 0.170. The quantitative estimate of drug-likeness (QED) is 0.903. The van der Waals surface area contributed by atoms with Gasteiger partial charge in [-0.15, -0.1) is 0 Å². The fourth-order valence-corrected chi connectivity index (χ4v) is 1.54. The van der Waals surface area contributed by atoms with Gasteiger partial charge in [0.2, 0.25) is 0 Å². The van der Waals surface area contributed by atoms with Crippen molar-refractivity contribution in [3.63, 3.8) is 0 Å². The van der Waals surface area contributed by atoms with Crippen molar-refractivity contribution in [2.75, 3.05) is 0 Å². The van der Waals surface area contributed by atoms with Gasteiger partial charge in [-0.2, -0.15) is 0 Å². The van der Waals surface area contributed by atoms with E-state index in [2.05, 4.69) is 4.98 Å². The van der Waals surface area contributed by atoms with E-state index in [1.165, 1.54) is 12.1 Å². The van der Waals surface area contributed by atoms with E-state index >= 15 is 0 Å². The minimum Gasteiger partial charge on any atom is -0.486 e. The molecule has 1 heterocycles. The van der Waals surface area contributed by atoms with Crippen molar-refractivity contribution in [3.05, 3.63) is 59.7 Å². The molecule has 94 valence electrons. The van der Waals surface area contributed by atoms with Crippen LogP contribution >= 0.6 is 0 Å². The highest BCUT2D eigenvalue weighted by Gasteiger charge is 2.08. The summed E-state index contributed by atoms with van der Waals surface area (Å²) in [5.41, 5.74) is 1.40. The lowest BCUT2D eigenvalue weighted by molar-refractivity contribution is 0.198. The zero-order valence-corrected chi connectivity index (χ0v) is 10.0. The fourth-order valence-electron chi connectivity index (χ4n) is 1.54. The summed E-state index contributed by atoms with van der Waals surface area (Å²) >= 11 is 0. The van der Waals surface area contributed by atoms with Gasteiger partial charge in [-0.3, -0.25) is 4.98 Å². The van der Waals surface area contributed by atoms with E-state index in [0.29, 0.717) is 5.56 Å². The number of nitrogens with zero attached hydrogens (tertiary/aromatic N) is 1. The topological polar surface area (TPSA) is 42.4 Å². The Kier molecular flexibility index (Phi) is 3.89. The van der Waals surface area contributed by atoms with Gasteiger partial charge in [0.1, 0.15) is 6.61 Å². The molecule has 0 aliphatic heterocycles. The molecule has 0 bridgehead atoms. The summed E-state index contributed by atoms with van der Waals surface area (Å²) in [6.07, 6.45) is 2.65. The smallest absolute Gasteiger partial charge is 0.165 e. The van der Waals surface area contributed by atoms with E-state index < -0.39 is 11.9 Å². The Morgan fingerprint density at radius 3 is 2.83 bits per heavy atom. The van der Waals surface area contributed by atoms with E-state index in [9.17, 15) is 9.50 Å². The number of pyridine rings is 1. The van der Waals surface area contributed by atoms with Gasteiger partial charge in [-0.25, -0.2) is 4.39 Å². The van der Waals surface area contributed by atoms with Crippen LogP contribution in [0.3, 0.4) is 0 Å². The van der Waals surface area contributed by atoms with Crippen LogP contribution in [0.4, 0.5) is 4.39 Å². The normalized spacial score (nSPS) is 12.2. The zero-order chi connectivity index (χ0) is 13.0. The summed E-state index contributed by atoms with van der Waals surface area (Å²) in [5, 5.41) is 9.33. The van der Waals surface area contributed by atoms with Crippen molar-refractivity contribution in [1.82, 2.24) is 4.98 Å². The van der Waals surface area contributed by atoms with Gasteiger partial charge in [-0.05, 0) is 30.7 Å². The van der Waals surface area contributed by atoms with Crippen molar-refractivity contribution in [3.8, 4) is 5.75 Å². The number of halogens is 1. The number of aliphatic hydroxyl groups is 1. The van der Waals surface area contributed by atoms with Gasteiger partial charge in [0, 0.05) is 18.0 Å². The molecule has 0 fully saturated rings. The molecule has 3 nitrogen and oxygen atoms in total. The van der Waals surface area contributed by atoms with Crippen LogP contribution in [0.25, 0.3) is 0 Å². The Morgan fingerprint density at radius 1 is 1.39 bits per heavy atom. The molecule has 1 atom stereocenters. The van der Waals surface area contributed by atoms with Gasteiger partial charge < -0.3 is 9.84 Å². The van der Waals surface area contributed by atoms with Crippen LogP contribution in [0, 0.1) is 5.82 Å². The molecule has 2 rings (SSSR count). The Balaban J connectivity index is 2.06. The standard InChI is InChI=1S/C14H14FNO2/c1-10(17)12-4-5-14(13(15)7-12)18-9-11-3-2-6-16-8-11/h2-8,10,17H,9H2,1H3/t10-/m1/s1. The first-order valence-corrected chi connectivity index (χ1v) is 5.66. The third kappa shape index (κ3) is 3.05. The lowest BCUT2D eigenvalue weighted by atomic mass is 10.1. The van der Waals surface area contributed by atoms with Crippen molar-refractivity contribution < 1.29 is 14.2 Å². The highest BCUT2D eigenvalue weighted by Crippen LogP contribution is 2.22. The van der Waals surface area contributed by atoms with Crippen LogP contribution in [-0.2, 0) is 6.61 Å². The molecule has 0 saturated heterocycles. The second-order valence-corrected chi connectivity index (χ2v) is 4.02. The van der Waals surface area contributed by atoms with Crippen molar-refractivity contribution in [2.24, 2.45) is 0 Å². The number of rotatable bonds is 4. The Bertz CT molecular complexity index is 514. The molecule has 0 amide bonds. The Hall–Kier alpha value is -1.94. The molecule has 1 N–H and O–H groups in total. The zero-order valence-electron chi connectivity index (χ0n) is 10.0. The van der Waals surface area contributed by atoms with Gasteiger partial charge >= 0.3 is 0 Å². The third-order valence-corrected chi connectivity index (χ3v) is 2.56. The molecule has 0 unspecified atom stereocenters. The number of aliphatic hydroxyl groups excluding tert-OH is 1. The van der Waals surface area contributed by atoms with E-state index in [1.54, 1.807) is 31.5 Å². The maximum absolute atomic E-state index is 13.7. The Labute approximate surface area is 105 Å². The van der Waals surface area contributed by atoms with Crippen LogP contribution in [-0.4, -0.2) is 10.1 Å². The summed E-state index contributed by atoms with van der Waals surface area (Å²) in [4.78, 5) is 3.95. The molecular formula is C14H14FNO2. The molecule has 0 radical (unpaired) electrons. The maximum atomic E-state index is 13.7. The molecular weight excluding hydrogens is 233 g/mol. The summed E-state index contributed by atoms with van der Waals surface area (Å²) in [7, 11) is 0. The lowest BCUT2D eigenvalue weighted by Gasteiger charge is -2.09. The second-order valence-electron chi connectivity index (χ2n) is 4.02. The molecule has 1 aromatic carbocycles. The molecule has 18 heavy (non-hydrogen) atoms. The number of hydrogen-bond donors (Lipinski definition) is 1. The molecule has 0 aliphatic rings. The summed E-state index contributed by atoms with van der Waals surface area (Å²) in [6, 6.07) is 8.10. The summed E-state index contributed by atoms with van der Waals surface area (Å²) < 4.78 is 19.0. The fraction of sp³-hybridized carbons (Fsp3) is 0.214.